The smallest absolute Gasteiger partial charge is 0.315 e. The second-order valence-electron chi connectivity index (χ2n) is 6.59. The number of carbonyl (C=O) groups excluding carboxylic acids is 1. The van der Waals surface area contributed by atoms with E-state index in [0.29, 0.717) is 5.69 Å². The molecule has 7 heteroatoms. The standard InChI is InChI=1S/C18H29N3O3S/c1-3-15-9-11-17(12-10-15)21(25(2,23)24)14-13-19-18(22)20-16-7-5-4-6-8-16/h9-12,16H,3-8,13-14H2,1-2H3,(H2,19,20,22). The van der Waals surface area contributed by atoms with Crippen molar-refractivity contribution in [3.8, 4) is 0 Å². The molecular weight excluding hydrogens is 338 g/mol. The fourth-order valence-corrected chi connectivity index (χ4v) is 4.07. The average Bonchev–Trinajstić information content (AvgIpc) is 2.59. The van der Waals surface area contributed by atoms with Gasteiger partial charge in [0.1, 0.15) is 0 Å². The first-order valence-electron chi connectivity index (χ1n) is 9.01. The minimum Gasteiger partial charge on any atom is -0.336 e. The summed E-state index contributed by atoms with van der Waals surface area (Å²) in [5, 5.41) is 5.74. The van der Waals surface area contributed by atoms with Gasteiger partial charge < -0.3 is 10.6 Å². The predicted octanol–water partition coefficient (Wildman–Crippen LogP) is 2.65. The third kappa shape index (κ3) is 6.23. The van der Waals surface area contributed by atoms with Gasteiger partial charge in [0.05, 0.1) is 18.5 Å². The number of sulfonamides is 1. The number of amides is 2. The highest BCUT2D eigenvalue weighted by Gasteiger charge is 2.18. The number of nitrogens with zero attached hydrogens (tertiary/aromatic N) is 1. The van der Waals surface area contributed by atoms with Gasteiger partial charge in [-0.15, -0.1) is 0 Å². The Labute approximate surface area is 151 Å². The van der Waals surface area contributed by atoms with Gasteiger partial charge in [-0.3, -0.25) is 4.31 Å². The zero-order chi connectivity index (χ0) is 18.3. The van der Waals surface area contributed by atoms with E-state index in [2.05, 4.69) is 17.6 Å². The van der Waals surface area contributed by atoms with E-state index < -0.39 is 10.0 Å². The SMILES string of the molecule is CCc1ccc(N(CCNC(=O)NC2CCCCC2)S(C)(=O)=O)cc1. The van der Waals surface area contributed by atoms with Crippen LogP contribution in [0.2, 0.25) is 0 Å². The Hall–Kier alpha value is -1.76. The molecule has 0 aliphatic heterocycles. The van der Waals surface area contributed by atoms with Crippen molar-refractivity contribution in [1.82, 2.24) is 10.6 Å². The Balaban J connectivity index is 1.88. The zero-order valence-corrected chi connectivity index (χ0v) is 15.9. The summed E-state index contributed by atoms with van der Waals surface area (Å²) in [4.78, 5) is 12.0. The molecule has 140 valence electrons. The molecular formula is C18H29N3O3S. The molecule has 0 atom stereocenters. The molecule has 1 aromatic rings. The second-order valence-corrected chi connectivity index (χ2v) is 8.50. The van der Waals surface area contributed by atoms with Gasteiger partial charge in [0.2, 0.25) is 10.0 Å². The topological polar surface area (TPSA) is 78.5 Å². The molecule has 0 heterocycles. The molecule has 0 aromatic heterocycles. The Kier molecular flexibility index (Phi) is 7.11. The number of carbonyl (C=O) groups is 1. The summed E-state index contributed by atoms with van der Waals surface area (Å²) in [6.45, 7) is 2.53. The number of benzene rings is 1. The molecule has 0 bridgehead atoms. The van der Waals surface area contributed by atoms with E-state index in [9.17, 15) is 13.2 Å². The molecule has 25 heavy (non-hydrogen) atoms. The van der Waals surface area contributed by atoms with Crippen molar-refractivity contribution in [3.05, 3.63) is 29.8 Å². The molecule has 1 aromatic carbocycles. The summed E-state index contributed by atoms with van der Waals surface area (Å²) in [5.74, 6) is 0. The van der Waals surface area contributed by atoms with E-state index in [4.69, 9.17) is 0 Å². The van der Waals surface area contributed by atoms with E-state index >= 15 is 0 Å². The quantitative estimate of drug-likeness (QED) is 0.778. The average molecular weight is 368 g/mol. The lowest BCUT2D eigenvalue weighted by atomic mass is 9.96. The minimum absolute atomic E-state index is 0.211. The van der Waals surface area contributed by atoms with Crippen molar-refractivity contribution in [1.29, 1.82) is 0 Å². The Morgan fingerprint density at radius 1 is 1.16 bits per heavy atom. The molecule has 0 saturated heterocycles. The molecule has 2 amide bonds. The van der Waals surface area contributed by atoms with Crippen LogP contribution in [0.1, 0.15) is 44.6 Å². The molecule has 1 aliphatic carbocycles. The van der Waals surface area contributed by atoms with E-state index in [1.54, 1.807) is 0 Å². The van der Waals surface area contributed by atoms with Gasteiger partial charge in [-0.1, -0.05) is 38.3 Å². The number of anilines is 1. The van der Waals surface area contributed by atoms with Crippen molar-refractivity contribution < 1.29 is 13.2 Å². The second kappa shape index (κ2) is 9.08. The maximum atomic E-state index is 12.1. The lowest BCUT2D eigenvalue weighted by molar-refractivity contribution is 0.233. The van der Waals surface area contributed by atoms with Gasteiger partial charge >= 0.3 is 6.03 Å². The lowest BCUT2D eigenvalue weighted by Crippen LogP contribution is -2.45. The maximum Gasteiger partial charge on any atom is 0.315 e. The van der Waals surface area contributed by atoms with Crippen molar-refractivity contribution >= 4 is 21.7 Å². The monoisotopic (exact) mass is 367 g/mol. The van der Waals surface area contributed by atoms with Gasteiger partial charge in [0, 0.05) is 12.6 Å². The van der Waals surface area contributed by atoms with E-state index in [1.165, 1.54) is 17.0 Å². The number of nitrogens with one attached hydrogen (secondary N) is 2. The van der Waals surface area contributed by atoms with Crippen LogP contribution in [0, 0.1) is 0 Å². The molecule has 1 fully saturated rings. The van der Waals surface area contributed by atoms with Gasteiger partial charge in [0.15, 0.2) is 0 Å². The van der Waals surface area contributed by atoms with Gasteiger partial charge in [-0.25, -0.2) is 13.2 Å². The van der Waals surface area contributed by atoms with Crippen molar-refractivity contribution in [2.45, 2.75) is 51.5 Å². The maximum absolute atomic E-state index is 12.1. The van der Waals surface area contributed by atoms with Crippen molar-refractivity contribution in [3.63, 3.8) is 0 Å². The molecule has 1 aliphatic rings. The largest absolute Gasteiger partial charge is 0.336 e. The van der Waals surface area contributed by atoms with Crippen LogP contribution >= 0.6 is 0 Å². The molecule has 0 radical (unpaired) electrons. The highest BCUT2D eigenvalue weighted by atomic mass is 32.2. The van der Waals surface area contributed by atoms with Crippen molar-refractivity contribution in [2.24, 2.45) is 0 Å². The number of rotatable bonds is 7. The van der Waals surface area contributed by atoms with Crippen LogP contribution in [-0.4, -0.2) is 39.8 Å². The third-order valence-corrected chi connectivity index (χ3v) is 5.77. The summed E-state index contributed by atoms with van der Waals surface area (Å²) in [6, 6.07) is 7.49. The number of aryl methyl sites for hydroxylation is 1. The fraction of sp³-hybridized carbons (Fsp3) is 0.611. The number of hydrogen-bond donors (Lipinski definition) is 2. The number of hydrogen-bond acceptors (Lipinski definition) is 3. The molecule has 0 unspecified atom stereocenters. The van der Waals surface area contributed by atoms with Gasteiger partial charge in [-0.05, 0) is 37.0 Å². The van der Waals surface area contributed by atoms with E-state index in [1.807, 2.05) is 24.3 Å². The first kappa shape index (κ1) is 19.6. The molecule has 6 nitrogen and oxygen atoms in total. The molecule has 2 N–H and O–H groups in total. The van der Waals surface area contributed by atoms with Crippen LogP contribution in [0.5, 0.6) is 0 Å². The summed E-state index contributed by atoms with van der Waals surface area (Å²) >= 11 is 0. The van der Waals surface area contributed by atoms with E-state index in [-0.39, 0.29) is 25.2 Å². The van der Waals surface area contributed by atoms with Crippen LogP contribution in [0.15, 0.2) is 24.3 Å². The molecule has 1 saturated carbocycles. The summed E-state index contributed by atoms with van der Waals surface area (Å²) in [7, 11) is -3.40. The fourth-order valence-electron chi connectivity index (χ4n) is 3.14. The van der Waals surface area contributed by atoms with Crippen LogP contribution < -0.4 is 14.9 Å². The van der Waals surface area contributed by atoms with Crippen molar-refractivity contribution in [2.75, 3.05) is 23.7 Å². The number of urea groups is 1. The van der Waals surface area contributed by atoms with Crippen LogP contribution in [-0.2, 0) is 16.4 Å². The highest BCUT2D eigenvalue weighted by molar-refractivity contribution is 7.92. The normalized spacial score (nSPS) is 15.6. The predicted molar refractivity (Wildman–Crippen MR) is 101 cm³/mol. The van der Waals surface area contributed by atoms with Crippen LogP contribution in [0.4, 0.5) is 10.5 Å². The molecule has 0 spiro atoms. The lowest BCUT2D eigenvalue weighted by Gasteiger charge is -2.25. The Bertz CT molecular complexity index is 653. The first-order chi connectivity index (χ1) is 11.9. The van der Waals surface area contributed by atoms with Gasteiger partial charge in [-0.2, -0.15) is 0 Å². The van der Waals surface area contributed by atoms with Gasteiger partial charge in [0.25, 0.3) is 0 Å². The van der Waals surface area contributed by atoms with Crippen LogP contribution in [0.25, 0.3) is 0 Å². The third-order valence-electron chi connectivity index (χ3n) is 4.57. The Morgan fingerprint density at radius 2 is 1.80 bits per heavy atom. The highest BCUT2D eigenvalue weighted by Crippen LogP contribution is 2.18. The molecule has 2 rings (SSSR count). The summed E-state index contributed by atoms with van der Waals surface area (Å²) < 4.78 is 25.5. The summed E-state index contributed by atoms with van der Waals surface area (Å²) in [5.41, 5.74) is 1.77. The van der Waals surface area contributed by atoms with Crippen LogP contribution in [0.3, 0.4) is 0 Å². The first-order valence-corrected chi connectivity index (χ1v) is 10.9. The zero-order valence-electron chi connectivity index (χ0n) is 15.1. The van der Waals surface area contributed by atoms with E-state index in [0.717, 1.165) is 37.7 Å². The minimum atomic E-state index is -3.40. The summed E-state index contributed by atoms with van der Waals surface area (Å²) in [6.07, 6.45) is 7.67. The Morgan fingerprint density at radius 3 is 2.36 bits per heavy atom.